The van der Waals surface area contributed by atoms with E-state index in [1.807, 2.05) is 6.07 Å². The van der Waals surface area contributed by atoms with Crippen LogP contribution in [0.25, 0.3) is 0 Å². The molecule has 1 saturated carbocycles. The van der Waals surface area contributed by atoms with E-state index in [0.29, 0.717) is 10.6 Å². The Hall–Kier alpha value is -1.94. The number of hydrogen-bond acceptors (Lipinski definition) is 4. The first-order valence-corrected chi connectivity index (χ1v) is 9.06. The summed E-state index contributed by atoms with van der Waals surface area (Å²) in [6.07, 6.45) is 0. The summed E-state index contributed by atoms with van der Waals surface area (Å²) in [6, 6.07) is 13.0. The van der Waals surface area contributed by atoms with Crippen LogP contribution in [0.5, 0.6) is 0 Å². The van der Waals surface area contributed by atoms with Gasteiger partial charge in [-0.1, -0.05) is 23.7 Å². The van der Waals surface area contributed by atoms with Gasteiger partial charge < -0.3 is 5.11 Å². The molecule has 0 bridgehead atoms. The Morgan fingerprint density at radius 3 is 2.46 bits per heavy atom. The highest BCUT2D eigenvalue weighted by Gasteiger charge is 2.72. The Kier molecular flexibility index (Phi) is 4.12. The van der Waals surface area contributed by atoms with Gasteiger partial charge in [-0.05, 0) is 42.0 Å². The number of rotatable bonds is 4. The van der Waals surface area contributed by atoms with Gasteiger partial charge in [0, 0.05) is 10.9 Å². The van der Waals surface area contributed by atoms with Crippen LogP contribution in [0.15, 0.2) is 53.4 Å². The summed E-state index contributed by atoms with van der Waals surface area (Å²) in [5, 5.41) is 18.4. The van der Waals surface area contributed by atoms with Crippen LogP contribution in [0.1, 0.15) is 11.5 Å². The zero-order valence-electron chi connectivity index (χ0n) is 12.4. The smallest absolute Gasteiger partial charge is 0.183 e. The fraction of sp³-hybridized carbons (Fsp3) is 0.235. The van der Waals surface area contributed by atoms with Crippen LogP contribution in [0.4, 0.5) is 4.39 Å². The van der Waals surface area contributed by atoms with Crippen molar-refractivity contribution in [2.75, 3.05) is 6.61 Å². The first-order valence-electron chi connectivity index (χ1n) is 7.14. The number of nitriles is 1. The third-order valence-electron chi connectivity index (χ3n) is 4.41. The van der Waals surface area contributed by atoms with Gasteiger partial charge >= 0.3 is 0 Å². The Morgan fingerprint density at radius 2 is 1.92 bits per heavy atom. The van der Waals surface area contributed by atoms with Crippen molar-refractivity contribution in [1.82, 2.24) is 0 Å². The molecule has 0 radical (unpaired) electrons. The molecular weight excluding hydrogens is 353 g/mol. The SMILES string of the molecule is N#CC1(CO)C(c2cccc(F)c2)C1S(=O)(=O)c1ccc(Cl)cc1. The molecule has 24 heavy (non-hydrogen) atoms. The van der Waals surface area contributed by atoms with Gasteiger partial charge in [-0.3, -0.25) is 0 Å². The van der Waals surface area contributed by atoms with E-state index in [4.69, 9.17) is 11.6 Å². The lowest BCUT2D eigenvalue weighted by atomic mass is 10.0. The van der Waals surface area contributed by atoms with Gasteiger partial charge in [0.1, 0.15) is 11.2 Å². The summed E-state index contributed by atoms with van der Waals surface area (Å²) in [4.78, 5) is 0.0175. The Morgan fingerprint density at radius 1 is 1.25 bits per heavy atom. The molecule has 0 heterocycles. The molecule has 4 nitrogen and oxygen atoms in total. The monoisotopic (exact) mass is 365 g/mol. The van der Waals surface area contributed by atoms with Gasteiger partial charge in [0.2, 0.25) is 0 Å². The standard InChI is InChI=1S/C17H13ClFNO3S/c18-12-4-6-14(7-5-12)24(22,23)16-15(17(16,9-20)10-21)11-2-1-3-13(19)8-11/h1-8,15-16,21H,10H2. The quantitative estimate of drug-likeness (QED) is 0.903. The molecule has 3 unspecified atom stereocenters. The molecule has 1 aliphatic carbocycles. The lowest BCUT2D eigenvalue weighted by molar-refractivity contribution is 0.242. The van der Waals surface area contributed by atoms with Crippen molar-refractivity contribution in [2.45, 2.75) is 16.1 Å². The Bertz CT molecular complexity index is 924. The molecule has 1 fully saturated rings. The number of benzene rings is 2. The van der Waals surface area contributed by atoms with Crippen molar-refractivity contribution in [2.24, 2.45) is 5.41 Å². The van der Waals surface area contributed by atoms with Crippen molar-refractivity contribution in [1.29, 1.82) is 5.26 Å². The Balaban J connectivity index is 2.08. The van der Waals surface area contributed by atoms with Crippen molar-refractivity contribution in [3.63, 3.8) is 0 Å². The zero-order valence-corrected chi connectivity index (χ0v) is 13.9. The Labute approximate surface area is 144 Å². The van der Waals surface area contributed by atoms with Crippen LogP contribution in [0.3, 0.4) is 0 Å². The lowest BCUT2D eigenvalue weighted by Gasteiger charge is -2.06. The van der Waals surface area contributed by atoms with E-state index in [0.717, 1.165) is 0 Å². The number of halogens is 2. The molecule has 1 N–H and O–H groups in total. The van der Waals surface area contributed by atoms with Crippen molar-refractivity contribution in [3.05, 3.63) is 64.9 Å². The highest BCUT2D eigenvalue weighted by molar-refractivity contribution is 7.92. The molecule has 0 saturated heterocycles. The van der Waals surface area contributed by atoms with Crippen molar-refractivity contribution in [3.8, 4) is 6.07 Å². The minimum absolute atomic E-state index is 0.0175. The highest BCUT2D eigenvalue weighted by Crippen LogP contribution is 2.63. The normalized spacial score (nSPS) is 25.9. The topological polar surface area (TPSA) is 78.2 Å². The van der Waals surface area contributed by atoms with E-state index >= 15 is 0 Å². The van der Waals surface area contributed by atoms with Crippen LogP contribution in [-0.4, -0.2) is 25.4 Å². The van der Waals surface area contributed by atoms with Gasteiger partial charge in [0.05, 0.1) is 22.8 Å². The van der Waals surface area contributed by atoms with Crippen LogP contribution in [0.2, 0.25) is 5.02 Å². The van der Waals surface area contributed by atoms with E-state index < -0.39 is 38.8 Å². The van der Waals surface area contributed by atoms with Gasteiger partial charge in [-0.25, -0.2) is 12.8 Å². The second kappa shape index (κ2) is 5.85. The summed E-state index contributed by atoms with van der Waals surface area (Å²) in [6.45, 7) is -0.623. The molecule has 2 aromatic carbocycles. The molecule has 3 atom stereocenters. The number of sulfone groups is 1. The predicted molar refractivity (Wildman–Crippen MR) is 86.7 cm³/mol. The van der Waals surface area contributed by atoms with E-state index in [1.54, 1.807) is 6.07 Å². The molecule has 0 amide bonds. The van der Waals surface area contributed by atoms with Crippen LogP contribution in [0, 0.1) is 22.6 Å². The van der Waals surface area contributed by atoms with Crippen molar-refractivity contribution >= 4 is 21.4 Å². The molecule has 7 heteroatoms. The number of nitrogens with zero attached hydrogens (tertiary/aromatic N) is 1. The zero-order chi connectivity index (χ0) is 17.5. The average molecular weight is 366 g/mol. The van der Waals surface area contributed by atoms with Gasteiger partial charge in [0.15, 0.2) is 9.84 Å². The molecule has 124 valence electrons. The minimum Gasteiger partial charge on any atom is -0.395 e. The molecule has 0 spiro atoms. The third kappa shape index (κ3) is 2.49. The summed E-state index contributed by atoms with van der Waals surface area (Å²) < 4.78 is 39.3. The number of hydrogen-bond donors (Lipinski definition) is 1. The number of aliphatic hydroxyl groups excluding tert-OH is 1. The summed E-state index contributed by atoms with van der Waals surface area (Å²) in [7, 11) is -3.89. The minimum atomic E-state index is -3.89. The van der Waals surface area contributed by atoms with E-state index in [1.165, 1.54) is 42.5 Å². The second-order valence-corrected chi connectivity index (χ2v) is 8.27. The molecule has 0 aliphatic heterocycles. The summed E-state index contributed by atoms with van der Waals surface area (Å²) in [5.41, 5.74) is -1.10. The maximum Gasteiger partial charge on any atom is 0.183 e. The summed E-state index contributed by atoms with van der Waals surface area (Å²) >= 11 is 5.78. The molecule has 0 aromatic heterocycles. The van der Waals surface area contributed by atoms with E-state index in [2.05, 4.69) is 0 Å². The van der Waals surface area contributed by atoms with Crippen LogP contribution >= 0.6 is 11.6 Å². The fourth-order valence-electron chi connectivity index (χ4n) is 3.16. The van der Waals surface area contributed by atoms with Crippen LogP contribution in [-0.2, 0) is 9.84 Å². The largest absolute Gasteiger partial charge is 0.395 e. The van der Waals surface area contributed by atoms with E-state index in [9.17, 15) is 23.2 Å². The van der Waals surface area contributed by atoms with Crippen LogP contribution < -0.4 is 0 Å². The maximum absolute atomic E-state index is 13.5. The second-order valence-electron chi connectivity index (χ2n) is 5.76. The van der Waals surface area contributed by atoms with E-state index in [-0.39, 0.29) is 4.90 Å². The van der Waals surface area contributed by atoms with Crippen molar-refractivity contribution < 1.29 is 17.9 Å². The van der Waals surface area contributed by atoms with Gasteiger partial charge in [-0.2, -0.15) is 5.26 Å². The molecular formula is C17H13ClFNO3S. The average Bonchev–Trinajstić information content (AvgIpc) is 3.26. The highest BCUT2D eigenvalue weighted by atomic mass is 35.5. The first kappa shape index (κ1) is 16.9. The van der Waals surface area contributed by atoms with Gasteiger partial charge in [0.25, 0.3) is 0 Å². The predicted octanol–water partition coefficient (Wildman–Crippen LogP) is 2.92. The summed E-state index contributed by atoms with van der Waals surface area (Å²) in [5.74, 6) is -1.31. The first-order chi connectivity index (χ1) is 11.4. The molecule has 1 aliphatic rings. The fourth-order valence-corrected chi connectivity index (χ4v) is 5.60. The van der Waals surface area contributed by atoms with Gasteiger partial charge in [-0.15, -0.1) is 0 Å². The number of aliphatic hydroxyl groups is 1. The molecule has 3 rings (SSSR count). The maximum atomic E-state index is 13.5. The third-order valence-corrected chi connectivity index (χ3v) is 6.95. The lowest BCUT2D eigenvalue weighted by Crippen LogP contribution is -2.18. The molecule has 2 aromatic rings.